The molecule has 2 heteroatoms. The van der Waals surface area contributed by atoms with E-state index in [1.165, 1.54) is 16.8 Å². The summed E-state index contributed by atoms with van der Waals surface area (Å²) in [5.41, 5.74) is 4.97. The highest BCUT2D eigenvalue weighted by atomic mass is 16.1. The second-order valence-electron chi connectivity index (χ2n) is 5.83. The third-order valence-electron chi connectivity index (χ3n) is 3.81. The summed E-state index contributed by atoms with van der Waals surface area (Å²) >= 11 is 0. The Labute approximate surface area is 103 Å². The Balaban J connectivity index is 2.57. The largest absolute Gasteiger partial charge is 0.294 e. The van der Waals surface area contributed by atoms with Gasteiger partial charge in [-0.1, -0.05) is 20.8 Å². The first-order valence-electron chi connectivity index (χ1n) is 6.45. The van der Waals surface area contributed by atoms with E-state index >= 15 is 0 Å². The van der Waals surface area contributed by atoms with Crippen LogP contribution in [0.15, 0.2) is 6.20 Å². The molecule has 92 valence electrons. The van der Waals surface area contributed by atoms with Crippen molar-refractivity contribution in [1.82, 2.24) is 4.98 Å². The highest BCUT2D eigenvalue weighted by Gasteiger charge is 2.29. The molecule has 0 saturated heterocycles. The molecule has 1 aliphatic carbocycles. The first kappa shape index (κ1) is 12.3. The van der Waals surface area contributed by atoms with Crippen LogP contribution >= 0.6 is 0 Å². The van der Waals surface area contributed by atoms with Gasteiger partial charge in [-0.25, -0.2) is 0 Å². The van der Waals surface area contributed by atoms with Crippen LogP contribution in [0.1, 0.15) is 61.3 Å². The van der Waals surface area contributed by atoms with Gasteiger partial charge in [0.15, 0.2) is 5.78 Å². The van der Waals surface area contributed by atoms with E-state index in [2.05, 4.69) is 25.8 Å². The molecule has 0 amide bonds. The normalized spacial score (nSPS) is 17.6. The van der Waals surface area contributed by atoms with Crippen molar-refractivity contribution in [3.05, 3.63) is 28.6 Å². The van der Waals surface area contributed by atoms with Gasteiger partial charge in [0.2, 0.25) is 0 Å². The molecule has 0 atom stereocenters. The molecule has 0 N–H and O–H groups in total. The van der Waals surface area contributed by atoms with E-state index in [1.54, 1.807) is 13.1 Å². The number of carbonyl (C=O) groups excluding carboxylic acids is 1. The summed E-state index contributed by atoms with van der Waals surface area (Å²) in [5.74, 6) is 0.149. The number of ketones is 1. The van der Waals surface area contributed by atoms with Crippen molar-refractivity contribution in [3.63, 3.8) is 0 Å². The van der Waals surface area contributed by atoms with E-state index in [9.17, 15) is 4.79 Å². The van der Waals surface area contributed by atoms with Crippen molar-refractivity contribution in [2.45, 2.75) is 53.4 Å². The van der Waals surface area contributed by atoms with Crippen LogP contribution in [-0.4, -0.2) is 10.8 Å². The van der Waals surface area contributed by atoms with Gasteiger partial charge in [-0.05, 0) is 49.1 Å². The smallest absolute Gasteiger partial charge is 0.161 e. The monoisotopic (exact) mass is 231 g/mol. The first-order valence-corrected chi connectivity index (χ1v) is 6.45. The lowest BCUT2D eigenvalue weighted by molar-refractivity contribution is 0.101. The second kappa shape index (κ2) is 4.25. The molecular formula is C15H21NO. The van der Waals surface area contributed by atoms with E-state index in [0.29, 0.717) is 5.41 Å². The van der Waals surface area contributed by atoms with Gasteiger partial charge in [-0.2, -0.15) is 0 Å². The van der Waals surface area contributed by atoms with Gasteiger partial charge < -0.3 is 0 Å². The van der Waals surface area contributed by atoms with Crippen LogP contribution in [-0.2, 0) is 19.3 Å². The maximum absolute atomic E-state index is 11.6. The Hall–Kier alpha value is -1.18. The number of nitrogens with zero attached hydrogens (tertiary/aromatic N) is 1. The van der Waals surface area contributed by atoms with Crippen LogP contribution < -0.4 is 0 Å². The van der Waals surface area contributed by atoms with Gasteiger partial charge in [0.1, 0.15) is 0 Å². The van der Waals surface area contributed by atoms with Crippen LogP contribution in [0.3, 0.4) is 0 Å². The first-order chi connectivity index (χ1) is 7.94. The average molecular weight is 231 g/mol. The highest BCUT2D eigenvalue weighted by Crippen LogP contribution is 2.37. The van der Waals surface area contributed by atoms with Gasteiger partial charge in [-0.15, -0.1) is 0 Å². The molecule has 0 unspecified atom stereocenters. The van der Waals surface area contributed by atoms with Crippen molar-refractivity contribution in [2.24, 2.45) is 5.41 Å². The lowest BCUT2D eigenvalue weighted by Gasteiger charge is -2.33. The SMILES string of the molecule is CCc1ncc(C(C)=O)c2c1CC(C)(C)CC2. The second-order valence-corrected chi connectivity index (χ2v) is 5.83. The fraction of sp³-hybridized carbons (Fsp3) is 0.600. The number of fused-ring (bicyclic) bond motifs is 1. The Kier molecular flexibility index (Phi) is 3.07. The van der Waals surface area contributed by atoms with Crippen LogP contribution in [0.2, 0.25) is 0 Å². The molecular weight excluding hydrogens is 210 g/mol. The molecule has 1 heterocycles. The lowest BCUT2D eigenvalue weighted by atomic mass is 9.72. The minimum Gasteiger partial charge on any atom is -0.294 e. The molecule has 17 heavy (non-hydrogen) atoms. The lowest BCUT2D eigenvalue weighted by Crippen LogP contribution is -2.25. The van der Waals surface area contributed by atoms with Crippen molar-refractivity contribution >= 4 is 5.78 Å². The molecule has 0 saturated carbocycles. The van der Waals surface area contributed by atoms with E-state index in [4.69, 9.17) is 0 Å². The van der Waals surface area contributed by atoms with E-state index in [-0.39, 0.29) is 5.78 Å². The van der Waals surface area contributed by atoms with E-state index in [0.717, 1.165) is 31.2 Å². The van der Waals surface area contributed by atoms with Crippen LogP contribution in [0, 0.1) is 5.41 Å². The van der Waals surface area contributed by atoms with Crippen molar-refractivity contribution in [3.8, 4) is 0 Å². The van der Waals surface area contributed by atoms with Crippen molar-refractivity contribution in [2.75, 3.05) is 0 Å². The average Bonchev–Trinajstić information content (AvgIpc) is 2.26. The molecule has 0 bridgehead atoms. The fourth-order valence-electron chi connectivity index (χ4n) is 2.77. The van der Waals surface area contributed by atoms with Crippen molar-refractivity contribution in [1.29, 1.82) is 0 Å². The maximum atomic E-state index is 11.6. The summed E-state index contributed by atoms with van der Waals surface area (Å²) in [5, 5.41) is 0. The number of hydrogen-bond acceptors (Lipinski definition) is 2. The molecule has 1 aromatic rings. The minimum absolute atomic E-state index is 0.149. The molecule has 0 aromatic carbocycles. The third-order valence-corrected chi connectivity index (χ3v) is 3.81. The third kappa shape index (κ3) is 2.26. The number of hydrogen-bond donors (Lipinski definition) is 0. The summed E-state index contributed by atoms with van der Waals surface area (Å²) in [6.07, 6.45) is 5.97. The van der Waals surface area contributed by atoms with Gasteiger partial charge in [0, 0.05) is 17.5 Å². The Bertz CT molecular complexity index is 460. The van der Waals surface area contributed by atoms with E-state index in [1.807, 2.05) is 0 Å². The predicted octanol–water partition coefficient (Wildman–Crippen LogP) is 3.36. The molecule has 0 aliphatic heterocycles. The summed E-state index contributed by atoms with van der Waals surface area (Å²) in [7, 11) is 0. The maximum Gasteiger partial charge on any atom is 0.161 e. The topological polar surface area (TPSA) is 30.0 Å². The van der Waals surface area contributed by atoms with Crippen LogP contribution in [0.25, 0.3) is 0 Å². The number of pyridine rings is 1. The Morgan fingerprint density at radius 1 is 1.41 bits per heavy atom. The zero-order valence-corrected chi connectivity index (χ0v) is 11.3. The van der Waals surface area contributed by atoms with Gasteiger partial charge in [0.25, 0.3) is 0 Å². The molecule has 0 fully saturated rings. The predicted molar refractivity (Wildman–Crippen MR) is 69.4 cm³/mol. The summed E-state index contributed by atoms with van der Waals surface area (Å²) in [4.78, 5) is 16.1. The molecule has 1 aliphatic rings. The van der Waals surface area contributed by atoms with E-state index < -0.39 is 0 Å². The summed E-state index contributed by atoms with van der Waals surface area (Å²) in [6.45, 7) is 8.38. The van der Waals surface area contributed by atoms with Gasteiger partial charge in [-0.3, -0.25) is 9.78 Å². The fourth-order valence-corrected chi connectivity index (χ4v) is 2.77. The quantitative estimate of drug-likeness (QED) is 0.730. The highest BCUT2D eigenvalue weighted by molar-refractivity contribution is 5.95. The Morgan fingerprint density at radius 2 is 2.12 bits per heavy atom. The number of aryl methyl sites for hydroxylation is 1. The number of aromatic nitrogens is 1. The van der Waals surface area contributed by atoms with Gasteiger partial charge >= 0.3 is 0 Å². The Morgan fingerprint density at radius 3 is 2.71 bits per heavy atom. The standard InChI is InChI=1S/C15H21NO/c1-5-14-12-8-15(3,4)7-6-11(12)13(9-16-14)10(2)17/h9H,5-8H2,1-4H3. The molecule has 2 nitrogen and oxygen atoms in total. The van der Waals surface area contributed by atoms with Gasteiger partial charge in [0.05, 0.1) is 0 Å². The molecule has 0 spiro atoms. The zero-order valence-electron chi connectivity index (χ0n) is 11.3. The molecule has 1 aromatic heterocycles. The summed E-state index contributed by atoms with van der Waals surface area (Å²) < 4.78 is 0. The van der Waals surface area contributed by atoms with Crippen LogP contribution in [0.5, 0.6) is 0 Å². The molecule has 0 radical (unpaired) electrons. The number of rotatable bonds is 2. The molecule has 2 rings (SSSR count). The van der Waals surface area contributed by atoms with Crippen molar-refractivity contribution < 1.29 is 4.79 Å². The summed E-state index contributed by atoms with van der Waals surface area (Å²) in [6, 6.07) is 0. The zero-order chi connectivity index (χ0) is 12.6. The van der Waals surface area contributed by atoms with Crippen LogP contribution in [0.4, 0.5) is 0 Å². The number of carbonyl (C=O) groups is 1. The minimum atomic E-state index is 0.149. The number of Topliss-reactive ketones (excluding diaryl/α,β-unsaturated/α-hetero) is 1.